The van der Waals surface area contributed by atoms with Gasteiger partial charge in [-0.1, -0.05) is 18.2 Å². The van der Waals surface area contributed by atoms with E-state index in [0.717, 1.165) is 11.3 Å². The number of aromatic amines is 1. The topological polar surface area (TPSA) is 34.2 Å². The molecule has 0 amide bonds. The highest BCUT2D eigenvalue weighted by Crippen LogP contribution is 2.27. The van der Waals surface area contributed by atoms with E-state index in [2.05, 4.69) is 34.0 Å². The molecule has 3 heteroatoms. The predicted octanol–water partition coefficient (Wildman–Crippen LogP) is 3.59. The second-order valence-electron chi connectivity index (χ2n) is 3.99. The van der Waals surface area contributed by atoms with Crippen molar-refractivity contribution < 1.29 is 9.47 Å². The largest absolute Gasteiger partial charge is 0.497 e. The Kier molecular flexibility index (Phi) is 3.85. The molecule has 3 rings (SSSR count). The zero-order chi connectivity index (χ0) is 13.0. The lowest BCUT2D eigenvalue weighted by Crippen LogP contribution is -1.80. The number of hydrogen-bond donors (Lipinski definition) is 1. The molecule has 0 aliphatic heterocycles. The van der Waals surface area contributed by atoms with Gasteiger partial charge in [0.25, 0.3) is 0 Å². The van der Waals surface area contributed by atoms with Crippen LogP contribution in [0.5, 0.6) is 5.75 Å². The molecule has 0 spiro atoms. The summed E-state index contributed by atoms with van der Waals surface area (Å²) in [7, 11) is 4.93. The number of benzene rings is 2. The van der Waals surface area contributed by atoms with Gasteiger partial charge in [-0.3, -0.25) is 0 Å². The number of fused-ring (bicyclic) bond motifs is 3. The van der Waals surface area contributed by atoms with E-state index in [4.69, 9.17) is 4.74 Å². The molecule has 1 N–H and O–H groups in total. The summed E-state index contributed by atoms with van der Waals surface area (Å²) in [5, 5.41) is 2.50. The van der Waals surface area contributed by atoms with Gasteiger partial charge < -0.3 is 14.5 Å². The van der Waals surface area contributed by atoms with Crippen LogP contribution in [0.2, 0.25) is 0 Å². The number of rotatable bonds is 1. The van der Waals surface area contributed by atoms with Crippen LogP contribution < -0.4 is 4.74 Å². The van der Waals surface area contributed by atoms with Gasteiger partial charge >= 0.3 is 0 Å². The van der Waals surface area contributed by atoms with Crippen LogP contribution in [0.3, 0.4) is 0 Å². The van der Waals surface area contributed by atoms with Crippen LogP contribution in [0.4, 0.5) is 0 Å². The van der Waals surface area contributed by atoms with Gasteiger partial charge in [0.15, 0.2) is 0 Å². The smallest absolute Gasteiger partial charge is 0.120 e. The van der Waals surface area contributed by atoms with Crippen LogP contribution in [-0.4, -0.2) is 26.3 Å². The van der Waals surface area contributed by atoms with Crippen LogP contribution in [0.1, 0.15) is 0 Å². The molecule has 0 aliphatic carbocycles. The molecule has 3 nitrogen and oxygen atoms in total. The Morgan fingerprint density at radius 2 is 1.50 bits per heavy atom. The van der Waals surface area contributed by atoms with E-state index < -0.39 is 0 Å². The number of nitrogens with one attached hydrogen (secondary N) is 1. The van der Waals surface area contributed by atoms with Crippen molar-refractivity contribution in [3.8, 4) is 5.75 Å². The Labute approximate surface area is 106 Å². The molecule has 0 saturated heterocycles. The molecule has 0 fully saturated rings. The number of methoxy groups -OCH3 is 2. The summed E-state index contributed by atoms with van der Waals surface area (Å²) in [6.07, 6.45) is 0. The first-order valence-corrected chi connectivity index (χ1v) is 5.74. The fraction of sp³-hybridized carbons (Fsp3) is 0.200. The van der Waals surface area contributed by atoms with E-state index in [0.29, 0.717) is 0 Å². The van der Waals surface area contributed by atoms with Crippen LogP contribution in [-0.2, 0) is 4.74 Å². The fourth-order valence-electron chi connectivity index (χ4n) is 1.96. The first kappa shape index (κ1) is 12.5. The zero-order valence-corrected chi connectivity index (χ0v) is 10.9. The summed E-state index contributed by atoms with van der Waals surface area (Å²) in [4.78, 5) is 3.37. The first-order valence-electron chi connectivity index (χ1n) is 5.74. The fourth-order valence-corrected chi connectivity index (χ4v) is 1.96. The van der Waals surface area contributed by atoms with Crippen molar-refractivity contribution in [2.24, 2.45) is 0 Å². The van der Waals surface area contributed by atoms with Crippen molar-refractivity contribution in [3.05, 3.63) is 42.5 Å². The van der Waals surface area contributed by atoms with Crippen LogP contribution in [0.25, 0.3) is 21.8 Å². The summed E-state index contributed by atoms with van der Waals surface area (Å²) in [6.45, 7) is 0. The highest BCUT2D eigenvalue weighted by Gasteiger charge is 2.03. The van der Waals surface area contributed by atoms with Gasteiger partial charge in [0.05, 0.1) is 12.6 Å². The van der Waals surface area contributed by atoms with E-state index >= 15 is 0 Å². The Hall–Kier alpha value is -2.00. The summed E-state index contributed by atoms with van der Waals surface area (Å²) in [5.74, 6) is 0.883. The SMILES string of the molecule is COC.COc1ccc2c(c1)[nH]c1ccccc12. The van der Waals surface area contributed by atoms with Gasteiger partial charge in [0.1, 0.15) is 5.75 Å². The van der Waals surface area contributed by atoms with Gasteiger partial charge in [-0.05, 0) is 18.2 Å². The maximum atomic E-state index is 5.20. The molecule has 0 radical (unpaired) electrons. The average Bonchev–Trinajstić information content (AvgIpc) is 2.77. The molecule has 0 atom stereocenters. The zero-order valence-electron chi connectivity index (χ0n) is 10.9. The van der Waals surface area contributed by atoms with Crippen LogP contribution in [0.15, 0.2) is 42.5 Å². The van der Waals surface area contributed by atoms with Crippen molar-refractivity contribution >= 4 is 21.8 Å². The molecular formula is C15H17NO2. The van der Waals surface area contributed by atoms with Gasteiger partial charge in [0, 0.05) is 36.6 Å². The maximum absolute atomic E-state index is 5.20. The van der Waals surface area contributed by atoms with E-state index in [-0.39, 0.29) is 0 Å². The van der Waals surface area contributed by atoms with E-state index in [1.807, 2.05) is 18.2 Å². The highest BCUT2D eigenvalue weighted by molar-refractivity contribution is 6.07. The number of hydrogen-bond acceptors (Lipinski definition) is 2. The molecule has 3 aromatic rings. The summed E-state index contributed by atoms with van der Waals surface area (Å²) >= 11 is 0. The normalized spacial score (nSPS) is 10.2. The number of para-hydroxylation sites is 1. The molecule has 1 heterocycles. The third-order valence-electron chi connectivity index (χ3n) is 2.71. The number of aromatic nitrogens is 1. The van der Waals surface area contributed by atoms with E-state index in [1.165, 1.54) is 16.3 Å². The summed E-state index contributed by atoms with van der Waals surface area (Å²) in [6, 6.07) is 14.4. The average molecular weight is 243 g/mol. The molecule has 18 heavy (non-hydrogen) atoms. The standard InChI is InChI=1S/C13H11NO.C2H6O/c1-15-9-6-7-11-10-4-2-3-5-12(10)14-13(11)8-9;1-3-2/h2-8,14H,1H3;1-2H3. The lowest BCUT2D eigenvalue weighted by Gasteiger charge is -1.98. The molecule has 2 aromatic carbocycles. The predicted molar refractivity (Wildman–Crippen MR) is 75.3 cm³/mol. The van der Waals surface area contributed by atoms with Crippen LogP contribution in [0, 0.1) is 0 Å². The molecule has 0 unspecified atom stereocenters. The van der Waals surface area contributed by atoms with Gasteiger partial charge in [-0.25, -0.2) is 0 Å². The second kappa shape index (κ2) is 5.56. The Bertz CT molecular complexity index is 643. The second-order valence-corrected chi connectivity index (χ2v) is 3.99. The minimum absolute atomic E-state index is 0.883. The molecule has 0 aliphatic rings. The monoisotopic (exact) mass is 243 g/mol. The lowest BCUT2D eigenvalue weighted by atomic mass is 10.1. The van der Waals surface area contributed by atoms with Crippen LogP contribution >= 0.6 is 0 Å². The maximum Gasteiger partial charge on any atom is 0.120 e. The summed E-state index contributed by atoms with van der Waals surface area (Å²) in [5.41, 5.74) is 2.29. The van der Waals surface area contributed by atoms with Gasteiger partial charge in [-0.2, -0.15) is 0 Å². The Morgan fingerprint density at radius 3 is 2.22 bits per heavy atom. The quantitative estimate of drug-likeness (QED) is 0.708. The number of H-pyrrole nitrogens is 1. The molecular weight excluding hydrogens is 226 g/mol. The van der Waals surface area contributed by atoms with Crippen molar-refractivity contribution in [3.63, 3.8) is 0 Å². The van der Waals surface area contributed by atoms with E-state index in [9.17, 15) is 0 Å². The third-order valence-corrected chi connectivity index (χ3v) is 2.71. The minimum atomic E-state index is 0.883. The third kappa shape index (κ3) is 2.31. The number of ether oxygens (including phenoxy) is 2. The molecule has 0 saturated carbocycles. The van der Waals surface area contributed by atoms with Crippen molar-refractivity contribution in [1.29, 1.82) is 0 Å². The Balaban J connectivity index is 0.000000367. The molecule has 1 aromatic heterocycles. The molecule has 0 bridgehead atoms. The van der Waals surface area contributed by atoms with Crippen molar-refractivity contribution in [2.75, 3.05) is 21.3 Å². The van der Waals surface area contributed by atoms with E-state index in [1.54, 1.807) is 21.3 Å². The van der Waals surface area contributed by atoms with Gasteiger partial charge in [-0.15, -0.1) is 0 Å². The first-order chi connectivity index (χ1) is 8.80. The van der Waals surface area contributed by atoms with Gasteiger partial charge in [0.2, 0.25) is 0 Å². The highest BCUT2D eigenvalue weighted by atomic mass is 16.5. The molecule has 94 valence electrons. The Morgan fingerprint density at radius 1 is 0.833 bits per heavy atom. The van der Waals surface area contributed by atoms with Crippen molar-refractivity contribution in [2.45, 2.75) is 0 Å². The summed E-state index contributed by atoms with van der Waals surface area (Å²) < 4.78 is 9.45. The lowest BCUT2D eigenvalue weighted by molar-refractivity contribution is 0.277. The minimum Gasteiger partial charge on any atom is -0.497 e. The van der Waals surface area contributed by atoms with Crippen molar-refractivity contribution in [1.82, 2.24) is 4.98 Å².